The van der Waals surface area contributed by atoms with Gasteiger partial charge in [0, 0.05) is 0 Å². The molecular weight excluding hydrogens is 261 g/mol. The Morgan fingerprint density at radius 3 is 2.26 bits per heavy atom. The number of esters is 1. The average Bonchev–Trinajstić information content (AvgIpc) is 2.34. The van der Waals surface area contributed by atoms with Crippen LogP contribution in [-0.2, 0) is 20.5 Å². The Morgan fingerprint density at radius 2 is 1.79 bits per heavy atom. The first kappa shape index (κ1) is 14.9. The van der Waals surface area contributed by atoms with E-state index in [1.165, 1.54) is 18.2 Å². The molecule has 1 aromatic carbocycles. The predicted octanol–water partition coefficient (Wildman–Crippen LogP) is 2.85. The zero-order chi connectivity index (χ0) is 14.6. The zero-order valence-corrected chi connectivity index (χ0v) is 10.2. The summed E-state index contributed by atoms with van der Waals surface area (Å²) >= 11 is 0. The van der Waals surface area contributed by atoms with Crippen molar-refractivity contribution in [3.05, 3.63) is 41.0 Å². The van der Waals surface area contributed by atoms with Crippen LogP contribution in [0.15, 0.2) is 29.8 Å². The van der Waals surface area contributed by atoms with Crippen LogP contribution < -0.4 is 0 Å². The number of hydrogen-bond acceptors (Lipinski definition) is 3. The summed E-state index contributed by atoms with van der Waals surface area (Å²) in [5.41, 5.74) is -1.61. The Kier molecular flexibility index (Phi) is 4.47. The first-order chi connectivity index (χ1) is 8.77. The lowest BCUT2D eigenvalue weighted by Crippen LogP contribution is -2.13. The molecule has 0 N–H and O–H groups in total. The molecule has 0 saturated carbocycles. The van der Waals surface area contributed by atoms with Gasteiger partial charge in [-0.15, -0.1) is 0 Å². The van der Waals surface area contributed by atoms with Crippen LogP contribution >= 0.6 is 0 Å². The van der Waals surface area contributed by atoms with Crippen LogP contribution in [0.25, 0.3) is 6.08 Å². The second-order valence-corrected chi connectivity index (χ2v) is 3.69. The van der Waals surface area contributed by atoms with Gasteiger partial charge in [0.1, 0.15) is 5.57 Å². The minimum absolute atomic E-state index is 0.259. The average molecular weight is 272 g/mol. The van der Waals surface area contributed by atoms with Crippen molar-refractivity contribution >= 4 is 17.8 Å². The molecule has 0 unspecified atom stereocenters. The molecule has 102 valence electrons. The van der Waals surface area contributed by atoms with Gasteiger partial charge >= 0.3 is 12.1 Å². The van der Waals surface area contributed by atoms with Crippen molar-refractivity contribution in [2.45, 2.75) is 13.1 Å². The van der Waals surface area contributed by atoms with E-state index in [0.29, 0.717) is 0 Å². The van der Waals surface area contributed by atoms with Gasteiger partial charge in [-0.3, -0.25) is 4.79 Å². The highest BCUT2D eigenvalue weighted by Gasteiger charge is 2.32. The van der Waals surface area contributed by atoms with Crippen molar-refractivity contribution in [1.82, 2.24) is 0 Å². The molecule has 3 nitrogen and oxygen atoms in total. The van der Waals surface area contributed by atoms with Crippen LogP contribution in [0, 0.1) is 0 Å². The molecule has 0 heterocycles. The van der Waals surface area contributed by atoms with Crippen molar-refractivity contribution in [3.8, 4) is 0 Å². The van der Waals surface area contributed by atoms with Gasteiger partial charge in [-0.05, 0) is 24.6 Å². The summed E-state index contributed by atoms with van der Waals surface area (Å²) in [5, 5.41) is 0. The molecule has 19 heavy (non-hydrogen) atoms. The number of rotatable bonds is 3. The second-order valence-electron chi connectivity index (χ2n) is 3.69. The van der Waals surface area contributed by atoms with E-state index in [2.05, 4.69) is 4.74 Å². The maximum absolute atomic E-state index is 12.8. The summed E-state index contributed by atoms with van der Waals surface area (Å²) in [6.07, 6.45) is -3.68. The lowest BCUT2D eigenvalue weighted by Gasteiger charge is -2.10. The molecule has 1 rings (SSSR count). The maximum Gasteiger partial charge on any atom is 0.416 e. The van der Waals surface area contributed by atoms with E-state index in [1.54, 1.807) is 0 Å². The smallest absolute Gasteiger partial charge is 0.416 e. The SMILES string of the molecule is COC(=O)/C(=C\c1ccccc1C(F)(F)F)C(C)=O. The van der Waals surface area contributed by atoms with Crippen LogP contribution in [0.3, 0.4) is 0 Å². The first-order valence-electron chi connectivity index (χ1n) is 5.24. The number of benzene rings is 1. The molecule has 0 fully saturated rings. The molecular formula is C13H11F3O3. The standard InChI is InChI=1S/C13H11F3O3/c1-8(17)10(12(18)19-2)7-9-5-3-4-6-11(9)13(14,15)16/h3-7H,1-2H3/b10-7-. The molecule has 6 heteroatoms. The maximum atomic E-state index is 12.8. The molecule has 0 radical (unpaired) electrons. The molecule has 0 aliphatic heterocycles. The van der Waals surface area contributed by atoms with Crippen LogP contribution in [0.1, 0.15) is 18.1 Å². The van der Waals surface area contributed by atoms with Crippen LogP contribution in [0.4, 0.5) is 13.2 Å². The lowest BCUT2D eigenvalue weighted by molar-refractivity contribution is -0.139. The van der Waals surface area contributed by atoms with E-state index in [9.17, 15) is 22.8 Å². The summed E-state index contributed by atoms with van der Waals surface area (Å²) in [7, 11) is 1.05. The highest BCUT2D eigenvalue weighted by atomic mass is 19.4. The van der Waals surface area contributed by atoms with Gasteiger partial charge < -0.3 is 4.74 Å². The monoisotopic (exact) mass is 272 g/mol. The van der Waals surface area contributed by atoms with Gasteiger partial charge in [0.15, 0.2) is 5.78 Å². The second kappa shape index (κ2) is 5.69. The molecule has 0 aliphatic carbocycles. The van der Waals surface area contributed by atoms with Crippen LogP contribution in [-0.4, -0.2) is 18.9 Å². The number of halogens is 3. The number of carbonyl (C=O) groups is 2. The number of ether oxygens (including phenoxy) is 1. The van der Waals surface area contributed by atoms with Gasteiger partial charge in [0.05, 0.1) is 12.7 Å². The van der Waals surface area contributed by atoms with Gasteiger partial charge in [-0.1, -0.05) is 18.2 Å². The van der Waals surface area contributed by atoms with Gasteiger partial charge in [-0.2, -0.15) is 13.2 Å². The summed E-state index contributed by atoms with van der Waals surface area (Å²) < 4.78 is 42.6. The largest absolute Gasteiger partial charge is 0.465 e. The summed E-state index contributed by atoms with van der Waals surface area (Å²) in [6.45, 7) is 1.08. The zero-order valence-electron chi connectivity index (χ0n) is 10.2. The summed E-state index contributed by atoms with van der Waals surface area (Å²) in [5.74, 6) is -1.63. The fourth-order valence-corrected chi connectivity index (χ4v) is 1.45. The van der Waals surface area contributed by atoms with Gasteiger partial charge in [-0.25, -0.2) is 4.79 Å². The van der Waals surface area contributed by atoms with E-state index in [1.807, 2.05) is 0 Å². The van der Waals surface area contributed by atoms with E-state index in [0.717, 1.165) is 26.2 Å². The molecule has 1 aromatic rings. The van der Waals surface area contributed by atoms with E-state index >= 15 is 0 Å². The van der Waals surface area contributed by atoms with Crippen LogP contribution in [0.2, 0.25) is 0 Å². The lowest BCUT2D eigenvalue weighted by atomic mass is 10.0. The third-order valence-electron chi connectivity index (χ3n) is 2.35. The molecule has 0 atom stereocenters. The third kappa shape index (κ3) is 3.67. The minimum Gasteiger partial charge on any atom is -0.465 e. The number of ketones is 1. The molecule has 0 spiro atoms. The number of alkyl halides is 3. The van der Waals surface area contributed by atoms with E-state index in [-0.39, 0.29) is 5.56 Å². The molecule has 0 saturated heterocycles. The molecule has 0 bridgehead atoms. The number of Topliss-reactive ketones (excluding diaryl/α,β-unsaturated/α-hetero) is 1. The molecule has 0 aliphatic rings. The molecule has 0 amide bonds. The van der Waals surface area contributed by atoms with Crippen molar-refractivity contribution in [2.75, 3.05) is 7.11 Å². The third-order valence-corrected chi connectivity index (χ3v) is 2.35. The summed E-state index contributed by atoms with van der Waals surface area (Å²) in [6, 6.07) is 4.66. The van der Waals surface area contributed by atoms with Crippen molar-refractivity contribution in [1.29, 1.82) is 0 Å². The number of hydrogen-bond donors (Lipinski definition) is 0. The van der Waals surface area contributed by atoms with E-state index in [4.69, 9.17) is 0 Å². The Hall–Kier alpha value is -2.11. The normalized spacial score (nSPS) is 12.2. The quantitative estimate of drug-likeness (QED) is 0.368. The van der Waals surface area contributed by atoms with Gasteiger partial charge in [0.25, 0.3) is 0 Å². The van der Waals surface area contributed by atoms with Crippen molar-refractivity contribution in [3.63, 3.8) is 0 Å². The topological polar surface area (TPSA) is 43.4 Å². The first-order valence-corrected chi connectivity index (χ1v) is 5.24. The van der Waals surface area contributed by atoms with Gasteiger partial charge in [0.2, 0.25) is 0 Å². The number of carbonyl (C=O) groups excluding carboxylic acids is 2. The van der Waals surface area contributed by atoms with Crippen LogP contribution in [0.5, 0.6) is 0 Å². The highest BCUT2D eigenvalue weighted by Crippen LogP contribution is 2.32. The Bertz CT molecular complexity index is 530. The Balaban J connectivity index is 3.38. The summed E-state index contributed by atoms with van der Waals surface area (Å²) in [4.78, 5) is 22.6. The fourth-order valence-electron chi connectivity index (χ4n) is 1.45. The minimum atomic E-state index is -4.56. The van der Waals surface area contributed by atoms with E-state index < -0.39 is 29.1 Å². The fraction of sp³-hybridized carbons (Fsp3) is 0.231. The molecule has 0 aromatic heterocycles. The Morgan fingerprint density at radius 1 is 1.21 bits per heavy atom. The van der Waals surface area contributed by atoms with Crippen molar-refractivity contribution in [2.24, 2.45) is 0 Å². The highest BCUT2D eigenvalue weighted by molar-refractivity contribution is 6.19. The van der Waals surface area contributed by atoms with Crippen molar-refractivity contribution < 1.29 is 27.5 Å². The number of methoxy groups -OCH3 is 1. The Labute approximate surface area is 107 Å². The predicted molar refractivity (Wildman–Crippen MR) is 62.1 cm³/mol.